The van der Waals surface area contributed by atoms with Gasteiger partial charge in [0.15, 0.2) is 0 Å². The van der Waals surface area contributed by atoms with Crippen molar-refractivity contribution in [3.8, 4) is 5.75 Å². The zero-order valence-electron chi connectivity index (χ0n) is 22.1. The largest absolute Gasteiger partial charge is 0.497 e. The fraction of sp³-hybridized carbons (Fsp3) is 0.286. The maximum absolute atomic E-state index is 13.9. The zero-order chi connectivity index (χ0) is 28.7. The molecule has 0 aliphatic rings. The molecule has 208 valence electrons. The highest BCUT2D eigenvalue weighted by Crippen LogP contribution is 2.28. The van der Waals surface area contributed by atoms with Crippen molar-refractivity contribution in [2.45, 2.75) is 37.8 Å². The van der Waals surface area contributed by atoms with E-state index in [0.29, 0.717) is 27.8 Å². The Kier molecular flexibility index (Phi) is 10.2. The topological polar surface area (TPSA) is 96.0 Å². The van der Waals surface area contributed by atoms with Crippen LogP contribution in [0.1, 0.15) is 24.5 Å². The van der Waals surface area contributed by atoms with Gasteiger partial charge in [-0.15, -0.1) is 0 Å². The van der Waals surface area contributed by atoms with E-state index in [1.807, 2.05) is 6.92 Å². The summed E-state index contributed by atoms with van der Waals surface area (Å²) in [7, 11) is -1.22. The number of carbonyl (C=O) groups is 2. The van der Waals surface area contributed by atoms with Gasteiger partial charge in [0, 0.05) is 19.7 Å². The Morgan fingerprint density at radius 2 is 1.69 bits per heavy atom. The molecular formula is C28H31Cl2N3O5S. The number of methoxy groups -OCH3 is 1. The fourth-order valence-electron chi connectivity index (χ4n) is 4.05. The summed E-state index contributed by atoms with van der Waals surface area (Å²) in [6.45, 7) is 3.08. The maximum Gasteiger partial charge on any atom is 0.264 e. The van der Waals surface area contributed by atoms with E-state index < -0.39 is 28.5 Å². The first-order chi connectivity index (χ1) is 18.5. The Morgan fingerprint density at radius 3 is 2.28 bits per heavy atom. The molecule has 0 spiro atoms. The number of nitrogens with one attached hydrogen (secondary N) is 1. The monoisotopic (exact) mass is 591 g/mol. The average molecular weight is 593 g/mol. The molecule has 0 unspecified atom stereocenters. The number of sulfonamides is 1. The lowest BCUT2D eigenvalue weighted by Gasteiger charge is -2.33. The molecule has 0 aliphatic heterocycles. The number of aryl methyl sites for hydroxylation is 1. The van der Waals surface area contributed by atoms with Crippen LogP contribution in [0.25, 0.3) is 0 Å². The number of likely N-dealkylation sites (N-methyl/N-ethyl adjacent to an activating group) is 1. The number of hydrogen-bond donors (Lipinski definition) is 1. The smallest absolute Gasteiger partial charge is 0.264 e. The van der Waals surface area contributed by atoms with Crippen molar-refractivity contribution >= 4 is 50.7 Å². The molecule has 0 heterocycles. The Balaban J connectivity index is 2.09. The first-order valence-electron chi connectivity index (χ1n) is 12.2. The third-order valence-electron chi connectivity index (χ3n) is 6.20. The van der Waals surface area contributed by atoms with Gasteiger partial charge in [-0.25, -0.2) is 8.42 Å². The number of halogens is 2. The van der Waals surface area contributed by atoms with Crippen LogP contribution in [0.2, 0.25) is 10.0 Å². The number of benzene rings is 3. The third kappa shape index (κ3) is 7.23. The Morgan fingerprint density at radius 1 is 1.00 bits per heavy atom. The predicted octanol–water partition coefficient (Wildman–Crippen LogP) is 5.06. The van der Waals surface area contributed by atoms with E-state index in [9.17, 15) is 18.0 Å². The number of anilines is 1. The van der Waals surface area contributed by atoms with Crippen LogP contribution in [0, 0.1) is 6.92 Å². The Hall–Kier alpha value is -3.27. The highest BCUT2D eigenvalue weighted by molar-refractivity contribution is 7.92. The highest BCUT2D eigenvalue weighted by atomic mass is 35.5. The summed E-state index contributed by atoms with van der Waals surface area (Å²) in [5.41, 5.74) is 1.77. The zero-order valence-corrected chi connectivity index (χ0v) is 24.5. The minimum atomic E-state index is -4.18. The first kappa shape index (κ1) is 30.3. The molecule has 3 rings (SSSR count). The Labute approximate surface area is 239 Å². The lowest BCUT2D eigenvalue weighted by molar-refractivity contribution is -0.140. The molecule has 0 bridgehead atoms. The van der Waals surface area contributed by atoms with Gasteiger partial charge in [-0.1, -0.05) is 60.0 Å². The Bertz CT molecular complexity index is 1430. The van der Waals surface area contributed by atoms with E-state index >= 15 is 0 Å². The molecule has 0 aromatic heterocycles. The van der Waals surface area contributed by atoms with E-state index in [1.165, 1.54) is 31.2 Å². The van der Waals surface area contributed by atoms with Gasteiger partial charge in [0.25, 0.3) is 10.0 Å². The quantitative estimate of drug-likeness (QED) is 0.336. The summed E-state index contributed by atoms with van der Waals surface area (Å²) in [6.07, 6.45) is 0.302. The summed E-state index contributed by atoms with van der Waals surface area (Å²) in [5, 5.41) is 3.24. The molecule has 3 aromatic rings. The van der Waals surface area contributed by atoms with Crippen LogP contribution in [0.3, 0.4) is 0 Å². The number of ether oxygens (including phenoxy) is 1. The van der Waals surface area contributed by atoms with E-state index in [-0.39, 0.29) is 23.0 Å². The third-order valence-corrected chi connectivity index (χ3v) is 8.73. The van der Waals surface area contributed by atoms with Crippen LogP contribution >= 0.6 is 23.2 Å². The normalized spacial score (nSPS) is 11.9. The van der Waals surface area contributed by atoms with Gasteiger partial charge in [-0.05, 0) is 55.3 Å². The van der Waals surface area contributed by atoms with Crippen LogP contribution in [0.5, 0.6) is 5.75 Å². The first-order valence-corrected chi connectivity index (χ1v) is 14.4. The molecule has 2 amide bonds. The van der Waals surface area contributed by atoms with Crippen LogP contribution in [0.4, 0.5) is 5.69 Å². The van der Waals surface area contributed by atoms with Crippen molar-refractivity contribution in [3.05, 3.63) is 87.9 Å². The van der Waals surface area contributed by atoms with Crippen LogP contribution < -0.4 is 14.4 Å². The van der Waals surface area contributed by atoms with E-state index in [2.05, 4.69) is 5.32 Å². The number of nitrogens with zero attached hydrogens (tertiary/aromatic N) is 2. The molecule has 0 saturated carbocycles. The molecule has 0 aliphatic carbocycles. The summed E-state index contributed by atoms with van der Waals surface area (Å²) < 4.78 is 34.1. The summed E-state index contributed by atoms with van der Waals surface area (Å²) >= 11 is 12.3. The van der Waals surface area contributed by atoms with Crippen LogP contribution in [-0.4, -0.2) is 51.9 Å². The minimum Gasteiger partial charge on any atom is -0.497 e. The predicted molar refractivity (Wildman–Crippen MR) is 154 cm³/mol. The lowest BCUT2D eigenvalue weighted by Crippen LogP contribution is -2.51. The molecule has 0 radical (unpaired) electrons. The fourth-order valence-corrected chi connectivity index (χ4v) is 5.78. The van der Waals surface area contributed by atoms with Crippen molar-refractivity contribution in [3.63, 3.8) is 0 Å². The second-order valence-electron chi connectivity index (χ2n) is 8.83. The molecule has 8 nitrogen and oxygen atoms in total. The molecule has 3 aromatic carbocycles. The number of amides is 2. The van der Waals surface area contributed by atoms with Gasteiger partial charge < -0.3 is 15.0 Å². The van der Waals surface area contributed by atoms with Crippen molar-refractivity contribution in [2.24, 2.45) is 0 Å². The average Bonchev–Trinajstić information content (AvgIpc) is 2.93. The number of carbonyl (C=O) groups excluding carboxylic acids is 2. The number of rotatable bonds is 11. The van der Waals surface area contributed by atoms with Gasteiger partial charge in [0.05, 0.1) is 27.7 Å². The molecule has 0 saturated heterocycles. The van der Waals surface area contributed by atoms with Crippen molar-refractivity contribution in [2.75, 3.05) is 25.0 Å². The standard InChI is InChI=1S/C28H31Cl2N3O5S/c1-5-26(28(35)31-3)32(17-20-11-14-24(29)25(30)15-20)27(34)18-33(21-7-6-8-22(16-21)38-4)39(36,37)23-12-9-19(2)10-13-23/h6-16,26H,5,17-18H2,1-4H3,(H,31,35)/t26-/m0/s1. The lowest BCUT2D eigenvalue weighted by atomic mass is 10.1. The maximum atomic E-state index is 13.9. The molecular weight excluding hydrogens is 561 g/mol. The minimum absolute atomic E-state index is 0.0121. The van der Waals surface area contributed by atoms with Gasteiger partial charge in [-0.2, -0.15) is 0 Å². The second-order valence-corrected chi connectivity index (χ2v) is 11.5. The van der Waals surface area contributed by atoms with Crippen molar-refractivity contribution in [1.29, 1.82) is 0 Å². The summed E-state index contributed by atoms with van der Waals surface area (Å²) in [4.78, 5) is 28.1. The van der Waals surface area contributed by atoms with E-state index in [0.717, 1.165) is 9.87 Å². The van der Waals surface area contributed by atoms with E-state index in [1.54, 1.807) is 61.5 Å². The second kappa shape index (κ2) is 13.2. The molecule has 0 fully saturated rings. The summed E-state index contributed by atoms with van der Waals surface area (Å²) in [6, 6.07) is 16.9. The molecule has 39 heavy (non-hydrogen) atoms. The summed E-state index contributed by atoms with van der Waals surface area (Å²) in [5.74, 6) is -0.524. The van der Waals surface area contributed by atoms with Crippen LogP contribution in [-0.2, 0) is 26.2 Å². The molecule has 11 heteroatoms. The van der Waals surface area contributed by atoms with Crippen molar-refractivity contribution < 1.29 is 22.7 Å². The SMILES string of the molecule is CC[C@@H](C(=O)NC)N(Cc1ccc(Cl)c(Cl)c1)C(=O)CN(c1cccc(OC)c1)S(=O)(=O)c1ccc(C)cc1. The highest BCUT2D eigenvalue weighted by Gasteiger charge is 2.33. The van der Waals surface area contributed by atoms with Crippen LogP contribution in [0.15, 0.2) is 71.6 Å². The number of hydrogen-bond acceptors (Lipinski definition) is 5. The van der Waals surface area contributed by atoms with Gasteiger partial charge in [-0.3, -0.25) is 13.9 Å². The molecule has 1 atom stereocenters. The van der Waals surface area contributed by atoms with Gasteiger partial charge in [0.2, 0.25) is 11.8 Å². The van der Waals surface area contributed by atoms with Crippen molar-refractivity contribution in [1.82, 2.24) is 10.2 Å². The molecule has 1 N–H and O–H groups in total. The van der Waals surface area contributed by atoms with Gasteiger partial charge >= 0.3 is 0 Å². The van der Waals surface area contributed by atoms with Gasteiger partial charge in [0.1, 0.15) is 18.3 Å². The van der Waals surface area contributed by atoms with E-state index in [4.69, 9.17) is 27.9 Å².